The van der Waals surface area contributed by atoms with E-state index in [1.54, 1.807) is 0 Å². The zero-order chi connectivity index (χ0) is 13.6. The van der Waals surface area contributed by atoms with Crippen molar-refractivity contribution in [2.45, 2.75) is 19.9 Å². The third-order valence-corrected chi connectivity index (χ3v) is 3.66. The molecule has 0 bridgehead atoms. The monoisotopic (exact) mass is 248 g/mol. The molecule has 1 atom stereocenters. The van der Waals surface area contributed by atoms with E-state index in [2.05, 4.69) is 6.58 Å². The number of carbonyl (C=O) groups is 1. The number of nitrogens with zero attached hydrogens (tertiary/aromatic N) is 1. The van der Waals surface area contributed by atoms with Crippen LogP contribution in [0.5, 0.6) is 0 Å². The van der Waals surface area contributed by atoms with E-state index in [1.807, 2.05) is 50.3 Å². The molecule has 0 aliphatic heterocycles. The summed E-state index contributed by atoms with van der Waals surface area (Å²) < 4.78 is 0.503. The topological polar surface area (TPSA) is 37.3 Å². The van der Waals surface area contributed by atoms with Gasteiger partial charge in [-0.1, -0.05) is 36.9 Å². The van der Waals surface area contributed by atoms with Gasteiger partial charge in [-0.3, -0.25) is 0 Å². The van der Waals surface area contributed by atoms with Gasteiger partial charge in [0.05, 0.1) is 13.1 Å². The lowest BCUT2D eigenvalue weighted by atomic mass is 10.0. The highest BCUT2D eigenvalue weighted by atomic mass is 16.4. The predicted octanol–water partition coefficient (Wildman–Crippen LogP) is 2.85. The molecule has 0 saturated heterocycles. The first-order valence-electron chi connectivity index (χ1n) is 6.34. The summed E-state index contributed by atoms with van der Waals surface area (Å²) in [5, 5.41) is 9.15. The molecule has 3 nitrogen and oxygen atoms in total. The molecule has 1 aromatic rings. The molecule has 1 aromatic carbocycles. The van der Waals surface area contributed by atoms with E-state index in [1.165, 1.54) is 0 Å². The van der Waals surface area contributed by atoms with Crippen LogP contribution in [-0.4, -0.2) is 35.2 Å². The number of likely N-dealkylation sites (N-methyl/N-ethyl adjacent to an activating group) is 1. The van der Waals surface area contributed by atoms with E-state index in [4.69, 9.17) is 5.11 Å². The molecule has 0 aromatic heterocycles. The van der Waals surface area contributed by atoms with E-state index < -0.39 is 5.97 Å². The Labute approximate surface area is 109 Å². The summed E-state index contributed by atoms with van der Waals surface area (Å²) in [6.45, 7) is 9.63. The van der Waals surface area contributed by atoms with Crippen molar-refractivity contribution in [3.8, 4) is 0 Å². The van der Waals surface area contributed by atoms with Crippen LogP contribution >= 0.6 is 0 Å². The number of hydrogen-bond acceptors (Lipinski definition) is 1. The predicted molar refractivity (Wildman–Crippen MR) is 73.2 cm³/mol. The second-order valence-electron chi connectivity index (χ2n) is 4.49. The molecule has 0 spiro atoms. The highest BCUT2D eigenvalue weighted by Gasteiger charge is 2.35. The molecular formula is C15H22NO2+. The van der Waals surface area contributed by atoms with Crippen molar-refractivity contribution >= 4 is 5.97 Å². The van der Waals surface area contributed by atoms with Gasteiger partial charge in [0, 0.05) is 5.56 Å². The van der Waals surface area contributed by atoms with Crippen LogP contribution in [0.2, 0.25) is 0 Å². The molecule has 18 heavy (non-hydrogen) atoms. The van der Waals surface area contributed by atoms with E-state index in [0.717, 1.165) is 18.7 Å². The molecule has 0 amide bonds. The van der Waals surface area contributed by atoms with Crippen molar-refractivity contribution in [2.24, 2.45) is 0 Å². The zero-order valence-corrected chi connectivity index (χ0v) is 11.2. The number of rotatable bonds is 7. The molecule has 0 aliphatic carbocycles. The first-order chi connectivity index (χ1) is 8.59. The van der Waals surface area contributed by atoms with Crippen molar-refractivity contribution in [1.29, 1.82) is 0 Å². The fourth-order valence-corrected chi connectivity index (χ4v) is 2.53. The minimum absolute atomic E-state index is 0.0253. The van der Waals surface area contributed by atoms with Crippen LogP contribution in [0.25, 0.3) is 0 Å². The van der Waals surface area contributed by atoms with Crippen molar-refractivity contribution in [2.75, 3.05) is 19.6 Å². The Kier molecular flexibility index (Phi) is 5.10. The smallest absolute Gasteiger partial charge is 0.359 e. The summed E-state index contributed by atoms with van der Waals surface area (Å²) in [5.74, 6) is -0.763. The number of hydrogen-bond donors (Lipinski definition) is 1. The normalized spacial score (nSPS) is 13.0. The Hall–Kier alpha value is -1.61. The summed E-state index contributed by atoms with van der Waals surface area (Å²) >= 11 is 0. The van der Waals surface area contributed by atoms with Crippen LogP contribution in [0.1, 0.15) is 25.5 Å². The zero-order valence-electron chi connectivity index (χ0n) is 11.2. The summed E-state index contributed by atoms with van der Waals surface area (Å²) in [5.41, 5.74) is 1.12. The fourth-order valence-electron chi connectivity index (χ4n) is 2.53. The second kappa shape index (κ2) is 6.36. The fraction of sp³-hybridized carbons (Fsp3) is 0.400. The van der Waals surface area contributed by atoms with Gasteiger partial charge < -0.3 is 9.59 Å². The Morgan fingerprint density at radius 3 is 2.28 bits per heavy atom. The van der Waals surface area contributed by atoms with Crippen LogP contribution < -0.4 is 0 Å². The van der Waals surface area contributed by atoms with Crippen LogP contribution in [0.3, 0.4) is 0 Å². The lowest BCUT2D eigenvalue weighted by Crippen LogP contribution is -2.52. The second-order valence-corrected chi connectivity index (χ2v) is 4.49. The van der Waals surface area contributed by atoms with Crippen LogP contribution in [-0.2, 0) is 4.79 Å². The number of carboxylic acids is 1. The Balaban J connectivity index is 3.16. The van der Waals surface area contributed by atoms with Gasteiger partial charge in [-0.15, -0.1) is 0 Å². The number of carboxylic acid groups (broad SMARTS) is 1. The van der Waals surface area contributed by atoms with Gasteiger partial charge in [0.25, 0.3) is 0 Å². The average Bonchev–Trinajstić information content (AvgIpc) is 2.39. The van der Waals surface area contributed by atoms with Gasteiger partial charge in [0.2, 0.25) is 0 Å². The van der Waals surface area contributed by atoms with Gasteiger partial charge in [-0.2, -0.15) is 0 Å². The average molecular weight is 248 g/mol. The molecule has 0 fully saturated rings. The molecule has 1 N–H and O–H groups in total. The first kappa shape index (κ1) is 14.5. The lowest BCUT2D eigenvalue weighted by Gasteiger charge is -2.41. The molecule has 0 saturated carbocycles. The van der Waals surface area contributed by atoms with Crippen LogP contribution in [0.4, 0.5) is 0 Å². The summed E-state index contributed by atoms with van der Waals surface area (Å²) in [6.07, 6.45) is 1.87. The summed E-state index contributed by atoms with van der Waals surface area (Å²) in [6, 6.07) is 10.0. The van der Waals surface area contributed by atoms with Crippen molar-refractivity contribution in [3.63, 3.8) is 0 Å². The van der Waals surface area contributed by atoms with Gasteiger partial charge in [0.15, 0.2) is 6.54 Å². The molecule has 98 valence electrons. The number of benzene rings is 1. The Morgan fingerprint density at radius 2 is 1.89 bits per heavy atom. The van der Waals surface area contributed by atoms with Crippen LogP contribution in [0, 0.1) is 0 Å². The van der Waals surface area contributed by atoms with Crippen molar-refractivity contribution < 1.29 is 14.4 Å². The molecule has 1 unspecified atom stereocenters. The van der Waals surface area contributed by atoms with E-state index in [0.29, 0.717) is 4.48 Å². The number of aliphatic carboxylic acids is 1. The quantitative estimate of drug-likeness (QED) is 0.595. The molecule has 0 heterocycles. The molecule has 1 rings (SSSR count). The van der Waals surface area contributed by atoms with E-state index >= 15 is 0 Å². The van der Waals surface area contributed by atoms with Gasteiger partial charge in [0.1, 0.15) is 6.04 Å². The molecular weight excluding hydrogens is 226 g/mol. The minimum atomic E-state index is -0.763. The third-order valence-electron chi connectivity index (χ3n) is 3.66. The van der Waals surface area contributed by atoms with E-state index in [9.17, 15) is 4.79 Å². The maximum absolute atomic E-state index is 11.1. The number of quaternary nitrogens is 1. The first-order valence-corrected chi connectivity index (χ1v) is 6.34. The standard InChI is InChI=1S/C15H21NO2/c1-4-14(13-10-8-7-9-11-13)16(5-2,6-3)12-15(17)18/h4,7-11,14H,1,5-6,12H2,2-3H3/p+1. The highest BCUT2D eigenvalue weighted by molar-refractivity contribution is 5.68. The van der Waals surface area contributed by atoms with Crippen molar-refractivity contribution in [1.82, 2.24) is 0 Å². The maximum Gasteiger partial charge on any atom is 0.359 e. The van der Waals surface area contributed by atoms with Crippen LogP contribution in [0.15, 0.2) is 43.0 Å². The lowest BCUT2D eigenvalue weighted by molar-refractivity contribution is -0.941. The van der Waals surface area contributed by atoms with Gasteiger partial charge in [-0.05, 0) is 19.9 Å². The Bertz CT molecular complexity index is 396. The van der Waals surface area contributed by atoms with E-state index in [-0.39, 0.29) is 12.6 Å². The SMILES string of the molecule is C=CC(c1ccccc1)[N+](CC)(CC)CC(=O)O. The summed E-state index contributed by atoms with van der Waals surface area (Å²) in [7, 11) is 0. The maximum atomic E-state index is 11.1. The molecule has 0 aliphatic rings. The Morgan fingerprint density at radius 1 is 1.33 bits per heavy atom. The molecule has 0 radical (unpaired) electrons. The third kappa shape index (κ3) is 2.99. The highest BCUT2D eigenvalue weighted by Crippen LogP contribution is 2.29. The summed E-state index contributed by atoms with van der Waals surface area (Å²) in [4.78, 5) is 11.1. The van der Waals surface area contributed by atoms with Gasteiger partial charge >= 0.3 is 5.97 Å². The van der Waals surface area contributed by atoms with Crippen molar-refractivity contribution in [3.05, 3.63) is 48.6 Å². The molecule has 3 heteroatoms. The minimum Gasteiger partial charge on any atom is -0.477 e. The van der Waals surface area contributed by atoms with Gasteiger partial charge in [-0.25, -0.2) is 4.79 Å². The largest absolute Gasteiger partial charge is 0.477 e.